The Bertz CT molecular complexity index is 391. The number of carboxylic acids is 1. The van der Waals surface area contributed by atoms with Gasteiger partial charge in [-0.2, -0.15) is 0 Å². The highest BCUT2D eigenvalue weighted by Gasteiger charge is 2.47. The molecule has 0 radical (unpaired) electrons. The van der Waals surface area contributed by atoms with Crippen LogP contribution >= 0.6 is 0 Å². The summed E-state index contributed by atoms with van der Waals surface area (Å²) in [5, 5.41) is 15.0. The molecule has 0 bridgehead atoms. The zero-order valence-electron chi connectivity index (χ0n) is 7.61. The Balaban J connectivity index is 2.26. The molecule has 0 aliphatic heterocycles. The lowest BCUT2D eigenvalue weighted by atomic mass is 10.1. The fourth-order valence-electron chi connectivity index (χ4n) is 1.69. The summed E-state index contributed by atoms with van der Waals surface area (Å²) in [5.74, 6) is -6.35. The van der Waals surface area contributed by atoms with Gasteiger partial charge in [0.05, 0.1) is 0 Å². The molecule has 0 saturated heterocycles. The molecule has 1 aromatic rings. The molecular formula is C8H8F2N2O3. The second-order valence-electron chi connectivity index (χ2n) is 3.46. The number of carboxylic acid groups (broad SMARTS) is 1. The predicted molar refractivity (Wildman–Crippen MR) is 42.8 cm³/mol. The molecule has 1 aliphatic rings. The molecule has 5 nitrogen and oxygen atoms in total. The van der Waals surface area contributed by atoms with E-state index in [2.05, 4.69) is 14.6 Å². The molecule has 0 spiro atoms. The van der Waals surface area contributed by atoms with E-state index < -0.39 is 23.7 Å². The van der Waals surface area contributed by atoms with Crippen molar-refractivity contribution in [2.75, 3.05) is 0 Å². The molecule has 0 amide bonds. The van der Waals surface area contributed by atoms with Crippen LogP contribution in [0.25, 0.3) is 0 Å². The van der Waals surface area contributed by atoms with Crippen molar-refractivity contribution in [3.05, 3.63) is 11.8 Å². The standard InChI is InChI=1S/C8H8F2N2O3/c9-8(10)3-1-2-4(8)5-11-12-6(15-5)7(13)14/h4H,1-3H2,(H,13,14). The molecule has 1 saturated carbocycles. The first-order chi connectivity index (χ1) is 7.00. The van der Waals surface area contributed by atoms with E-state index in [1.54, 1.807) is 0 Å². The third-order valence-electron chi connectivity index (χ3n) is 2.43. The molecule has 2 rings (SSSR count). The first-order valence-electron chi connectivity index (χ1n) is 4.45. The van der Waals surface area contributed by atoms with E-state index in [1.807, 2.05) is 0 Å². The van der Waals surface area contributed by atoms with Crippen LogP contribution in [0.5, 0.6) is 0 Å². The minimum absolute atomic E-state index is 0.220. The summed E-state index contributed by atoms with van der Waals surface area (Å²) in [5.41, 5.74) is 0. The maximum Gasteiger partial charge on any atom is 0.393 e. The Labute approximate surface area is 83.1 Å². The van der Waals surface area contributed by atoms with Gasteiger partial charge in [-0.1, -0.05) is 0 Å². The van der Waals surface area contributed by atoms with E-state index in [0.717, 1.165) is 0 Å². The number of hydrogen-bond acceptors (Lipinski definition) is 4. The van der Waals surface area contributed by atoms with Crippen LogP contribution in [0.4, 0.5) is 8.78 Å². The normalized spacial score (nSPS) is 24.3. The maximum atomic E-state index is 13.2. The van der Waals surface area contributed by atoms with Crippen LogP contribution in [0.1, 0.15) is 41.8 Å². The monoisotopic (exact) mass is 218 g/mol. The zero-order valence-corrected chi connectivity index (χ0v) is 7.61. The molecular weight excluding hydrogens is 210 g/mol. The number of hydrogen-bond donors (Lipinski definition) is 1. The second-order valence-corrected chi connectivity index (χ2v) is 3.46. The highest BCUT2D eigenvalue weighted by Crippen LogP contribution is 2.46. The fraction of sp³-hybridized carbons (Fsp3) is 0.625. The van der Waals surface area contributed by atoms with Crippen LogP contribution in [0.3, 0.4) is 0 Å². The van der Waals surface area contributed by atoms with E-state index in [-0.39, 0.29) is 18.7 Å². The van der Waals surface area contributed by atoms with Gasteiger partial charge >= 0.3 is 11.9 Å². The van der Waals surface area contributed by atoms with E-state index in [1.165, 1.54) is 0 Å². The van der Waals surface area contributed by atoms with Crippen LogP contribution in [0.15, 0.2) is 4.42 Å². The van der Waals surface area contributed by atoms with E-state index >= 15 is 0 Å². The number of carbonyl (C=O) groups is 1. The fourth-order valence-corrected chi connectivity index (χ4v) is 1.69. The lowest BCUT2D eigenvalue weighted by Gasteiger charge is -2.14. The Morgan fingerprint density at radius 3 is 2.73 bits per heavy atom. The SMILES string of the molecule is O=C(O)c1nnc(C2CCCC2(F)F)o1. The van der Waals surface area contributed by atoms with Gasteiger partial charge in [0, 0.05) is 6.42 Å². The zero-order chi connectivity index (χ0) is 11.1. The summed E-state index contributed by atoms with van der Waals surface area (Å²) in [6.07, 6.45) is 0.402. The molecule has 1 unspecified atom stereocenters. The average Bonchev–Trinajstić information content (AvgIpc) is 2.69. The first-order valence-corrected chi connectivity index (χ1v) is 4.45. The van der Waals surface area contributed by atoms with Crippen LogP contribution < -0.4 is 0 Å². The second kappa shape index (κ2) is 3.25. The smallest absolute Gasteiger partial charge is 0.393 e. The van der Waals surface area contributed by atoms with Gasteiger partial charge in [0.15, 0.2) is 0 Å². The number of aromatic nitrogens is 2. The van der Waals surface area contributed by atoms with Gasteiger partial charge in [0.2, 0.25) is 5.89 Å². The minimum Gasteiger partial charge on any atom is -0.474 e. The Hall–Kier alpha value is -1.53. The van der Waals surface area contributed by atoms with Crippen LogP contribution in [-0.2, 0) is 0 Å². The van der Waals surface area contributed by atoms with Gasteiger partial charge in [-0.3, -0.25) is 0 Å². The number of aromatic carboxylic acids is 1. The van der Waals surface area contributed by atoms with Gasteiger partial charge in [-0.15, -0.1) is 10.2 Å². The average molecular weight is 218 g/mol. The van der Waals surface area contributed by atoms with E-state index in [4.69, 9.17) is 5.11 Å². The van der Waals surface area contributed by atoms with Crippen molar-refractivity contribution < 1.29 is 23.1 Å². The lowest BCUT2D eigenvalue weighted by Crippen LogP contribution is -2.19. The molecule has 1 heterocycles. The Morgan fingerprint density at radius 2 is 2.27 bits per heavy atom. The molecule has 1 aromatic heterocycles. The molecule has 1 atom stereocenters. The third kappa shape index (κ3) is 1.69. The van der Waals surface area contributed by atoms with Gasteiger partial charge in [0.25, 0.3) is 5.92 Å². The number of alkyl halides is 2. The summed E-state index contributed by atoms with van der Waals surface area (Å²) in [6, 6.07) is 0. The predicted octanol–water partition coefficient (Wildman–Crippen LogP) is 1.67. The minimum atomic E-state index is -2.87. The molecule has 1 N–H and O–H groups in total. The van der Waals surface area contributed by atoms with E-state index in [9.17, 15) is 13.6 Å². The van der Waals surface area contributed by atoms with Crippen molar-refractivity contribution in [1.29, 1.82) is 0 Å². The van der Waals surface area contributed by atoms with Crippen LogP contribution in [-0.4, -0.2) is 27.2 Å². The molecule has 0 aromatic carbocycles. The van der Waals surface area contributed by atoms with Crippen molar-refractivity contribution in [2.24, 2.45) is 0 Å². The quantitative estimate of drug-likeness (QED) is 0.816. The summed E-state index contributed by atoms with van der Waals surface area (Å²) >= 11 is 0. The largest absolute Gasteiger partial charge is 0.474 e. The first kappa shape index (κ1) is 10.0. The highest BCUT2D eigenvalue weighted by atomic mass is 19.3. The Kier molecular flexibility index (Phi) is 2.17. The van der Waals surface area contributed by atoms with Crippen LogP contribution in [0, 0.1) is 0 Å². The van der Waals surface area contributed by atoms with Crippen molar-refractivity contribution in [3.8, 4) is 0 Å². The number of halogens is 2. The van der Waals surface area contributed by atoms with E-state index in [0.29, 0.717) is 6.42 Å². The molecule has 82 valence electrons. The number of rotatable bonds is 2. The molecule has 1 aliphatic carbocycles. The van der Waals surface area contributed by atoms with Crippen molar-refractivity contribution in [3.63, 3.8) is 0 Å². The highest BCUT2D eigenvalue weighted by molar-refractivity contribution is 5.81. The van der Waals surface area contributed by atoms with Gasteiger partial charge in [0.1, 0.15) is 5.92 Å². The number of nitrogens with zero attached hydrogens (tertiary/aromatic N) is 2. The van der Waals surface area contributed by atoms with Gasteiger partial charge < -0.3 is 9.52 Å². The molecule has 15 heavy (non-hydrogen) atoms. The summed E-state index contributed by atoms with van der Waals surface area (Å²) in [4.78, 5) is 10.4. The lowest BCUT2D eigenvalue weighted by molar-refractivity contribution is -0.0163. The summed E-state index contributed by atoms with van der Waals surface area (Å²) in [6.45, 7) is 0. The third-order valence-corrected chi connectivity index (χ3v) is 2.43. The molecule has 1 fully saturated rings. The van der Waals surface area contributed by atoms with Crippen LogP contribution in [0.2, 0.25) is 0 Å². The molecule has 7 heteroatoms. The van der Waals surface area contributed by atoms with Gasteiger partial charge in [-0.05, 0) is 12.8 Å². The Morgan fingerprint density at radius 1 is 1.53 bits per heavy atom. The van der Waals surface area contributed by atoms with Crippen molar-refractivity contribution in [1.82, 2.24) is 10.2 Å². The van der Waals surface area contributed by atoms with Gasteiger partial charge in [-0.25, -0.2) is 13.6 Å². The summed E-state index contributed by atoms with van der Waals surface area (Å²) < 4.78 is 31.1. The summed E-state index contributed by atoms with van der Waals surface area (Å²) in [7, 11) is 0. The van der Waals surface area contributed by atoms with Crippen molar-refractivity contribution in [2.45, 2.75) is 31.1 Å². The maximum absolute atomic E-state index is 13.2. The topological polar surface area (TPSA) is 76.2 Å². The van der Waals surface area contributed by atoms with Crippen molar-refractivity contribution >= 4 is 5.97 Å².